The van der Waals surface area contributed by atoms with Crippen molar-refractivity contribution in [3.8, 4) is 5.75 Å². The van der Waals surface area contributed by atoms with Gasteiger partial charge in [-0.15, -0.1) is 24.0 Å². The number of likely N-dealkylation sites (N-methyl/N-ethyl adjacent to an activating group) is 1. The normalized spacial score (nSPS) is 14.9. The molecule has 1 amide bonds. The van der Waals surface area contributed by atoms with Crippen LogP contribution in [0.4, 0.5) is 0 Å². The highest BCUT2D eigenvalue weighted by Crippen LogP contribution is 2.24. The fourth-order valence-corrected chi connectivity index (χ4v) is 3.66. The average Bonchev–Trinajstić information content (AvgIpc) is 3.51. The molecule has 1 aromatic carbocycles. The third-order valence-corrected chi connectivity index (χ3v) is 5.44. The SMILES string of the molecule is CCNC(=NCc1cccc(OCC(=O)N(C)C)c1)NCC(c1ccco1)N1CCCC1.I. The molecule has 1 aliphatic heterocycles. The first kappa shape index (κ1) is 27.0. The number of hydrogen-bond donors (Lipinski definition) is 2. The van der Waals surface area contributed by atoms with Crippen LogP contribution in [-0.2, 0) is 11.3 Å². The molecule has 9 heteroatoms. The Morgan fingerprint density at radius 3 is 2.67 bits per heavy atom. The Morgan fingerprint density at radius 1 is 1.21 bits per heavy atom. The summed E-state index contributed by atoms with van der Waals surface area (Å²) in [6.07, 6.45) is 4.19. The lowest BCUT2D eigenvalue weighted by Gasteiger charge is -2.26. The van der Waals surface area contributed by atoms with E-state index in [1.807, 2.05) is 36.4 Å². The second-order valence-corrected chi connectivity index (χ2v) is 8.07. The minimum atomic E-state index is -0.0730. The first-order valence-corrected chi connectivity index (χ1v) is 11.3. The highest BCUT2D eigenvalue weighted by Gasteiger charge is 2.25. The van der Waals surface area contributed by atoms with Gasteiger partial charge in [0.2, 0.25) is 0 Å². The van der Waals surface area contributed by atoms with E-state index in [1.165, 1.54) is 17.7 Å². The Morgan fingerprint density at radius 2 is 2.00 bits per heavy atom. The fourth-order valence-electron chi connectivity index (χ4n) is 3.66. The van der Waals surface area contributed by atoms with Crippen LogP contribution in [0.2, 0.25) is 0 Å². The molecule has 1 aromatic heterocycles. The molecule has 33 heavy (non-hydrogen) atoms. The van der Waals surface area contributed by atoms with Gasteiger partial charge in [-0.3, -0.25) is 9.69 Å². The van der Waals surface area contributed by atoms with Gasteiger partial charge in [0.05, 0.1) is 18.8 Å². The molecule has 1 atom stereocenters. The third kappa shape index (κ3) is 8.54. The van der Waals surface area contributed by atoms with E-state index in [-0.39, 0.29) is 42.5 Å². The monoisotopic (exact) mass is 569 g/mol. The standard InChI is InChI=1S/C24H35N5O3.HI/c1-4-25-24(27-17-21(22-11-8-14-31-22)29-12-5-6-13-29)26-16-19-9-7-10-20(15-19)32-18-23(30)28(2)3;/h7-11,14-15,21H,4-6,12-13,16-18H2,1-3H3,(H2,25,26,27);1H. The molecule has 2 aromatic rings. The minimum Gasteiger partial charge on any atom is -0.484 e. The number of rotatable bonds is 10. The van der Waals surface area contributed by atoms with Crippen molar-refractivity contribution in [2.45, 2.75) is 32.4 Å². The maximum atomic E-state index is 11.7. The van der Waals surface area contributed by atoms with Crippen LogP contribution < -0.4 is 15.4 Å². The Hall–Kier alpha value is -2.27. The molecule has 182 valence electrons. The van der Waals surface area contributed by atoms with Crippen LogP contribution in [0.1, 0.15) is 37.1 Å². The number of carbonyl (C=O) groups is 1. The van der Waals surface area contributed by atoms with Crippen LogP contribution in [0.25, 0.3) is 0 Å². The van der Waals surface area contributed by atoms with Crippen LogP contribution in [-0.4, -0.2) is 68.5 Å². The van der Waals surface area contributed by atoms with Gasteiger partial charge in [0.25, 0.3) is 5.91 Å². The quantitative estimate of drug-likeness (QED) is 0.260. The molecular formula is C24H36IN5O3. The van der Waals surface area contributed by atoms with Gasteiger partial charge in [-0.1, -0.05) is 12.1 Å². The molecule has 3 rings (SSSR count). The molecule has 2 heterocycles. The molecule has 1 fully saturated rings. The Bertz CT molecular complexity index is 867. The average molecular weight is 569 g/mol. The number of guanidine groups is 1. The van der Waals surface area contributed by atoms with E-state index in [2.05, 4.69) is 22.5 Å². The van der Waals surface area contributed by atoms with E-state index in [0.29, 0.717) is 12.3 Å². The van der Waals surface area contributed by atoms with E-state index >= 15 is 0 Å². The number of nitrogens with zero attached hydrogens (tertiary/aromatic N) is 3. The molecule has 2 N–H and O–H groups in total. The topological polar surface area (TPSA) is 82.3 Å². The number of benzene rings is 1. The van der Waals surface area contributed by atoms with Gasteiger partial charge in [0, 0.05) is 27.2 Å². The van der Waals surface area contributed by atoms with Crippen molar-refractivity contribution in [3.63, 3.8) is 0 Å². The summed E-state index contributed by atoms with van der Waals surface area (Å²) in [7, 11) is 3.43. The van der Waals surface area contributed by atoms with Crippen molar-refractivity contribution in [2.75, 3.05) is 46.9 Å². The summed E-state index contributed by atoms with van der Waals surface area (Å²) in [5, 5.41) is 6.80. The van der Waals surface area contributed by atoms with Crippen LogP contribution in [0.15, 0.2) is 52.1 Å². The smallest absolute Gasteiger partial charge is 0.259 e. The Kier molecular flexibility index (Phi) is 11.5. The van der Waals surface area contributed by atoms with Gasteiger partial charge in [0.15, 0.2) is 12.6 Å². The van der Waals surface area contributed by atoms with Crippen molar-refractivity contribution < 1.29 is 13.9 Å². The van der Waals surface area contributed by atoms with E-state index in [1.54, 1.807) is 20.4 Å². The van der Waals surface area contributed by atoms with E-state index in [0.717, 1.165) is 43.5 Å². The molecule has 0 aliphatic carbocycles. The van der Waals surface area contributed by atoms with Crippen molar-refractivity contribution >= 4 is 35.8 Å². The van der Waals surface area contributed by atoms with E-state index in [4.69, 9.17) is 14.1 Å². The third-order valence-electron chi connectivity index (χ3n) is 5.44. The lowest BCUT2D eigenvalue weighted by atomic mass is 10.2. The number of halogens is 1. The van der Waals surface area contributed by atoms with Gasteiger partial charge in [-0.25, -0.2) is 4.99 Å². The van der Waals surface area contributed by atoms with Gasteiger partial charge in [0.1, 0.15) is 11.5 Å². The molecule has 1 unspecified atom stereocenters. The van der Waals surface area contributed by atoms with Crippen molar-refractivity contribution in [3.05, 3.63) is 54.0 Å². The predicted octanol–water partition coefficient (Wildman–Crippen LogP) is 3.26. The van der Waals surface area contributed by atoms with Gasteiger partial charge in [-0.05, 0) is 62.7 Å². The first-order valence-electron chi connectivity index (χ1n) is 11.3. The van der Waals surface area contributed by atoms with Crippen molar-refractivity contribution in [1.29, 1.82) is 0 Å². The summed E-state index contributed by atoms with van der Waals surface area (Å²) < 4.78 is 11.3. The highest BCUT2D eigenvalue weighted by atomic mass is 127. The summed E-state index contributed by atoms with van der Waals surface area (Å²) >= 11 is 0. The van der Waals surface area contributed by atoms with Gasteiger partial charge >= 0.3 is 0 Å². The van der Waals surface area contributed by atoms with Crippen LogP contribution >= 0.6 is 24.0 Å². The summed E-state index contributed by atoms with van der Waals surface area (Å²) in [5.74, 6) is 2.33. The number of nitrogens with one attached hydrogen (secondary N) is 2. The zero-order valence-corrected chi connectivity index (χ0v) is 22.1. The van der Waals surface area contributed by atoms with Crippen LogP contribution in [0.5, 0.6) is 5.75 Å². The Labute approximate surface area is 213 Å². The molecule has 1 saturated heterocycles. The second-order valence-electron chi connectivity index (χ2n) is 8.07. The lowest BCUT2D eigenvalue weighted by molar-refractivity contribution is -0.130. The van der Waals surface area contributed by atoms with E-state index < -0.39 is 0 Å². The second kappa shape index (κ2) is 14.1. The van der Waals surface area contributed by atoms with Crippen LogP contribution in [0, 0.1) is 0 Å². The molecule has 0 radical (unpaired) electrons. The van der Waals surface area contributed by atoms with Gasteiger partial charge < -0.3 is 24.7 Å². The number of carbonyl (C=O) groups excluding carboxylic acids is 1. The zero-order valence-electron chi connectivity index (χ0n) is 19.8. The van der Waals surface area contributed by atoms with Crippen LogP contribution in [0.3, 0.4) is 0 Å². The maximum absolute atomic E-state index is 11.7. The number of aliphatic imine (C=N–C) groups is 1. The minimum absolute atomic E-state index is 0. The number of hydrogen-bond acceptors (Lipinski definition) is 5. The lowest BCUT2D eigenvalue weighted by Crippen LogP contribution is -2.42. The van der Waals surface area contributed by atoms with Gasteiger partial charge in [-0.2, -0.15) is 0 Å². The first-order chi connectivity index (χ1) is 15.6. The number of amides is 1. The van der Waals surface area contributed by atoms with E-state index in [9.17, 15) is 4.79 Å². The molecule has 0 bridgehead atoms. The summed E-state index contributed by atoms with van der Waals surface area (Å²) in [5.41, 5.74) is 1.01. The molecule has 0 spiro atoms. The zero-order chi connectivity index (χ0) is 22.8. The highest BCUT2D eigenvalue weighted by molar-refractivity contribution is 14.0. The Balaban J connectivity index is 0.00000385. The summed E-state index contributed by atoms with van der Waals surface area (Å²) in [6.45, 7) is 6.25. The fraction of sp³-hybridized carbons (Fsp3) is 0.500. The number of ether oxygens (including phenoxy) is 1. The van der Waals surface area contributed by atoms with Crippen molar-refractivity contribution in [1.82, 2.24) is 20.4 Å². The van der Waals surface area contributed by atoms with Crippen molar-refractivity contribution in [2.24, 2.45) is 4.99 Å². The molecule has 8 nitrogen and oxygen atoms in total. The summed E-state index contributed by atoms with van der Waals surface area (Å²) in [4.78, 5) is 20.5. The molecule has 0 saturated carbocycles. The molecule has 1 aliphatic rings. The molecular weight excluding hydrogens is 533 g/mol. The number of furan rings is 1. The maximum Gasteiger partial charge on any atom is 0.259 e. The number of likely N-dealkylation sites (tertiary alicyclic amines) is 1. The largest absolute Gasteiger partial charge is 0.484 e. The summed E-state index contributed by atoms with van der Waals surface area (Å²) in [6, 6.07) is 11.9. The predicted molar refractivity (Wildman–Crippen MR) is 141 cm³/mol.